The highest BCUT2D eigenvalue weighted by Crippen LogP contribution is 2.13. The number of nitrogens with zero attached hydrogens (tertiary/aromatic N) is 1. The Labute approximate surface area is 106 Å². The summed E-state index contributed by atoms with van der Waals surface area (Å²) >= 11 is 0. The Kier molecular flexibility index (Phi) is 5.59. The number of rotatable bonds is 5. The zero-order valence-electron chi connectivity index (χ0n) is 10.6. The Morgan fingerprint density at radius 3 is 2.83 bits per heavy atom. The van der Waals surface area contributed by atoms with Gasteiger partial charge in [0.2, 0.25) is 5.91 Å². The lowest BCUT2D eigenvalue weighted by molar-refractivity contribution is -0.146. The van der Waals surface area contributed by atoms with Gasteiger partial charge in [0, 0.05) is 12.5 Å². The first kappa shape index (κ1) is 14.5. The van der Waals surface area contributed by atoms with Crippen LogP contribution in [0.4, 0.5) is 0 Å². The molecule has 18 heavy (non-hydrogen) atoms. The summed E-state index contributed by atoms with van der Waals surface area (Å²) in [4.78, 5) is 23.3. The first-order valence-corrected chi connectivity index (χ1v) is 5.98. The number of methoxy groups -OCH3 is 1. The number of hydrogen-bond donors (Lipinski definition) is 1. The van der Waals surface area contributed by atoms with Gasteiger partial charge in [0.05, 0.1) is 13.2 Å². The van der Waals surface area contributed by atoms with Crippen LogP contribution in [0.1, 0.15) is 26.2 Å². The number of nitrogens with one attached hydrogen (secondary N) is 1. The monoisotopic (exact) mass is 254 g/mol. The van der Waals surface area contributed by atoms with Crippen molar-refractivity contribution in [3.8, 4) is 6.07 Å². The van der Waals surface area contributed by atoms with Gasteiger partial charge in [-0.2, -0.15) is 5.26 Å². The number of nitriles is 1. The summed E-state index contributed by atoms with van der Waals surface area (Å²) < 4.78 is 9.85. The lowest BCUT2D eigenvalue weighted by Gasteiger charge is -2.19. The molecule has 0 aromatic rings. The van der Waals surface area contributed by atoms with Crippen LogP contribution in [-0.2, 0) is 19.1 Å². The molecule has 1 saturated heterocycles. The predicted molar refractivity (Wildman–Crippen MR) is 62.3 cm³/mol. The van der Waals surface area contributed by atoms with E-state index < -0.39 is 18.1 Å². The minimum absolute atomic E-state index is 0.238. The van der Waals surface area contributed by atoms with Crippen molar-refractivity contribution in [3.63, 3.8) is 0 Å². The Bertz CT molecular complexity index is 344. The summed E-state index contributed by atoms with van der Waals surface area (Å²) in [6.07, 6.45) is 1.25. The van der Waals surface area contributed by atoms with Crippen LogP contribution in [0.25, 0.3) is 0 Å². The molecule has 0 aliphatic carbocycles. The summed E-state index contributed by atoms with van der Waals surface area (Å²) in [6, 6.07) is 1.24. The topological polar surface area (TPSA) is 88.4 Å². The minimum Gasteiger partial charge on any atom is -0.467 e. The van der Waals surface area contributed by atoms with Crippen LogP contribution in [0.2, 0.25) is 0 Å². The number of carbonyl (C=O) groups is 2. The summed E-state index contributed by atoms with van der Waals surface area (Å²) in [7, 11) is 1.25. The number of esters is 1. The van der Waals surface area contributed by atoms with Crippen molar-refractivity contribution in [2.75, 3.05) is 13.7 Å². The third-order valence-corrected chi connectivity index (χ3v) is 2.83. The molecule has 0 unspecified atom stereocenters. The van der Waals surface area contributed by atoms with Crippen molar-refractivity contribution < 1.29 is 19.1 Å². The van der Waals surface area contributed by atoms with E-state index in [1.807, 2.05) is 6.07 Å². The molecule has 100 valence electrons. The standard InChI is InChI=1S/C12H18N2O4/c1-8(7-13)6-9(12(16)17-2)14-11(15)10-4-3-5-18-10/h8-10H,3-6H2,1-2H3,(H,14,15)/t8-,9-,10+/m1/s1. The summed E-state index contributed by atoms with van der Waals surface area (Å²) in [6.45, 7) is 2.25. The van der Waals surface area contributed by atoms with Crippen LogP contribution in [0.15, 0.2) is 0 Å². The molecule has 1 aliphatic heterocycles. The fourth-order valence-electron chi connectivity index (χ4n) is 1.81. The van der Waals surface area contributed by atoms with Gasteiger partial charge in [-0.1, -0.05) is 0 Å². The molecule has 6 nitrogen and oxygen atoms in total. The van der Waals surface area contributed by atoms with Gasteiger partial charge in [-0.15, -0.1) is 0 Å². The zero-order valence-corrected chi connectivity index (χ0v) is 10.6. The number of amides is 1. The Hall–Kier alpha value is -1.61. The second kappa shape index (κ2) is 6.97. The molecule has 1 rings (SSSR count). The van der Waals surface area contributed by atoms with E-state index in [2.05, 4.69) is 10.1 Å². The summed E-state index contributed by atoms with van der Waals surface area (Å²) in [5.74, 6) is -1.18. The summed E-state index contributed by atoms with van der Waals surface area (Å²) in [5, 5.41) is 11.3. The molecule has 0 bridgehead atoms. The van der Waals surface area contributed by atoms with Crippen LogP contribution in [0, 0.1) is 17.2 Å². The van der Waals surface area contributed by atoms with E-state index >= 15 is 0 Å². The van der Waals surface area contributed by atoms with Crippen molar-refractivity contribution >= 4 is 11.9 Å². The quantitative estimate of drug-likeness (QED) is 0.716. The highest BCUT2D eigenvalue weighted by Gasteiger charge is 2.29. The maximum atomic E-state index is 11.8. The molecule has 1 N–H and O–H groups in total. The number of hydrogen-bond acceptors (Lipinski definition) is 5. The highest BCUT2D eigenvalue weighted by atomic mass is 16.5. The molecule has 3 atom stereocenters. The van der Waals surface area contributed by atoms with Crippen molar-refractivity contribution in [2.45, 2.75) is 38.3 Å². The van der Waals surface area contributed by atoms with Crippen LogP contribution >= 0.6 is 0 Å². The molecule has 0 aromatic carbocycles. The minimum atomic E-state index is -0.790. The van der Waals surface area contributed by atoms with Crippen LogP contribution in [0.3, 0.4) is 0 Å². The first-order valence-electron chi connectivity index (χ1n) is 5.98. The van der Waals surface area contributed by atoms with E-state index in [1.54, 1.807) is 6.92 Å². The van der Waals surface area contributed by atoms with E-state index in [9.17, 15) is 9.59 Å². The molecule has 0 aromatic heterocycles. The van der Waals surface area contributed by atoms with Gasteiger partial charge in [-0.3, -0.25) is 4.79 Å². The first-order chi connectivity index (χ1) is 8.58. The van der Waals surface area contributed by atoms with E-state index in [4.69, 9.17) is 10.00 Å². The van der Waals surface area contributed by atoms with E-state index in [-0.39, 0.29) is 18.2 Å². The maximum absolute atomic E-state index is 11.8. The Morgan fingerprint density at radius 1 is 1.61 bits per heavy atom. The van der Waals surface area contributed by atoms with Crippen molar-refractivity contribution in [1.82, 2.24) is 5.32 Å². The van der Waals surface area contributed by atoms with Gasteiger partial charge in [0.15, 0.2) is 0 Å². The summed E-state index contributed by atoms with van der Waals surface area (Å²) in [5.41, 5.74) is 0. The van der Waals surface area contributed by atoms with Crippen LogP contribution < -0.4 is 5.32 Å². The normalized spacial score (nSPS) is 21.7. The Morgan fingerprint density at radius 2 is 2.33 bits per heavy atom. The van der Waals surface area contributed by atoms with E-state index in [0.717, 1.165) is 6.42 Å². The largest absolute Gasteiger partial charge is 0.467 e. The molecular formula is C12H18N2O4. The third-order valence-electron chi connectivity index (χ3n) is 2.83. The zero-order chi connectivity index (χ0) is 13.5. The average Bonchev–Trinajstić information content (AvgIpc) is 2.90. The fourth-order valence-corrected chi connectivity index (χ4v) is 1.81. The molecule has 0 spiro atoms. The molecule has 1 heterocycles. The molecule has 6 heteroatoms. The van der Waals surface area contributed by atoms with Gasteiger partial charge in [-0.25, -0.2) is 4.79 Å². The van der Waals surface area contributed by atoms with Gasteiger partial charge in [0.1, 0.15) is 12.1 Å². The lowest BCUT2D eigenvalue weighted by Crippen LogP contribution is -2.46. The van der Waals surface area contributed by atoms with Crippen molar-refractivity contribution in [2.24, 2.45) is 5.92 Å². The number of ether oxygens (including phenoxy) is 2. The maximum Gasteiger partial charge on any atom is 0.328 e. The van der Waals surface area contributed by atoms with Crippen molar-refractivity contribution in [1.29, 1.82) is 5.26 Å². The third kappa shape index (κ3) is 4.00. The van der Waals surface area contributed by atoms with Crippen LogP contribution in [-0.4, -0.2) is 37.7 Å². The molecule has 0 saturated carbocycles. The van der Waals surface area contributed by atoms with Gasteiger partial charge < -0.3 is 14.8 Å². The molecule has 1 fully saturated rings. The van der Waals surface area contributed by atoms with Crippen LogP contribution in [0.5, 0.6) is 0 Å². The van der Waals surface area contributed by atoms with Gasteiger partial charge in [0.25, 0.3) is 0 Å². The van der Waals surface area contributed by atoms with E-state index in [1.165, 1.54) is 7.11 Å². The second-order valence-corrected chi connectivity index (χ2v) is 4.35. The Balaban J connectivity index is 2.57. The van der Waals surface area contributed by atoms with Gasteiger partial charge >= 0.3 is 5.97 Å². The van der Waals surface area contributed by atoms with E-state index in [0.29, 0.717) is 13.0 Å². The average molecular weight is 254 g/mol. The molecular weight excluding hydrogens is 236 g/mol. The lowest BCUT2D eigenvalue weighted by atomic mass is 10.0. The molecule has 0 radical (unpaired) electrons. The predicted octanol–water partition coefficient (Wildman–Crippen LogP) is 0.373. The highest BCUT2D eigenvalue weighted by molar-refractivity contribution is 5.87. The second-order valence-electron chi connectivity index (χ2n) is 4.35. The van der Waals surface area contributed by atoms with Gasteiger partial charge in [-0.05, 0) is 26.2 Å². The molecule has 1 aliphatic rings. The fraction of sp³-hybridized carbons (Fsp3) is 0.750. The number of carbonyl (C=O) groups excluding carboxylic acids is 2. The van der Waals surface area contributed by atoms with Crippen molar-refractivity contribution in [3.05, 3.63) is 0 Å². The smallest absolute Gasteiger partial charge is 0.328 e. The SMILES string of the molecule is COC(=O)[C@@H](C[C@@H](C)C#N)NC(=O)[C@@H]1CCCO1. The molecule has 1 amide bonds.